The van der Waals surface area contributed by atoms with Gasteiger partial charge in [0.05, 0.1) is 0 Å². The normalized spacial score (nSPS) is 43.7. The Morgan fingerprint density at radius 1 is 0.632 bits per heavy atom. The van der Waals surface area contributed by atoms with Crippen molar-refractivity contribution in [3.05, 3.63) is 0 Å². The maximum atomic E-state index is 12.9. The van der Waals surface area contributed by atoms with Crippen molar-refractivity contribution in [2.45, 2.75) is 77.1 Å². The monoisotopic (exact) mass is 270 g/mol. The molecule has 3 fully saturated rings. The Kier molecular flexibility index (Phi) is 3.88. The van der Waals surface area contributed by atoms with Crippen LogP contribution in [0.15, 0.2) is 0 Å². The van der Waals surface area contributed by atoms with Gasteiger partial charge in [0.2, 0.25) is 5.92 Å². The van der Waals surface area contributed by atoms with Gasteiger partial charge in [0.15, 0.2) is 0 Å². The average Bonchev–Trinajstić information content (AvgIpc) is 2.37. The number of hydrogen-bond acceptors (Lipinski definition) is 0. The molecule has 2 heteroatoms. The van der Waals surface area contributed by atoms with Gasteiger partial charge in [-0.15, -0.1) is 0 Å². The van der Waals surface area contributed by atoms with E-state index in [0.717, 1.165) is 17.8 Å². The predicted molar refractivity (Wildman–Crippen MR) is 74.2 cm³/mol. The lowest BCUT2D eigenvalue weighted by Gasteiger charge is -2.44. The third kappa shape index (κ3) is 3.13. The molecule has 19 heavy (non-hydrogen) atoms. The molecule has 110 valence electrons. The summed E-state index contributed by atoms with van der Waals surface area (Å²) in [7, 11) is 0. The summed E-state index contributed by atoms with van der Waals surface area (Å²) in [5.41, 5.74) is 0. The van der Waals surface area contributed by atoms with Crippen LogP contribution in [-0.2, 0) is 0 Å². The molecule has 3 aliphatic rings. The van der Waals surface area contributed by atoms with Gasteiger partial charge < -0.3 is 0 Å². The first kappa shape index (κ1) is 13.8. The lowest BCUT2D eigenvalue weighted by atomic mass is 9.63. The maximum absolute atomic E-state index is 12.9. The van der Waals surface area contributed by atoms with Gasteiger partial charge in [0.1, 0.15) is 0 Å². The lowest BCUT2D eigenvalue weighted by Crippen LogP contribution is -2.41. The molecule has 0 unspecified atom stereocenters. The first-order valence-corrected chi connectivity index (χ1v) is 8.41. The van der Waals surface area contributed by atoms with Crippen molar-refractivity contribution in [1.82, 2.24) is 0 Å². The van der Waals surface area contributed by atoms with E-state index in [-0.39, 0.29) is 12.8 Å². The van der Waals surface area contributed by atoms with Crippen molar-refractivity contribution < 1.29 is 8.78 Å². The minimum atomic E-state index is -2.32. The minimum absolute atomic E-state index is 0.184. The quantitative estimate of drug-likeness (QED) is 0.607. The maximum Gasteiger partial charge on any atom is 0.248 e. The number of hydrogen-bond donors (Lipinski definition) is 0. The molecule has 0 heterocycles. The third-order valence-electron chi connectivity index (χ3n) is 6.33. The second-order valence-corrected chi connectivity index (χ2v) is 7.72. The van der Waals surface area contributed by atoms with E-state index < -0.39 is 5.92 Å². The highest BCUT2D eigenvalue weighted by Crippen LogP contribution is 2.51. The van der Waals surface area contributed by atoms with Crippen LogP contribution in [0.25, 0.3) is 0 Å². The molecule has 3 rings (SSSR count). The highest BCUT2D eigenvalue weighted by Gasteiger charge is 2.48. The van der Waals surface area contributed by atoms with Crippen LogP contribution in [0.3, 0.4) is 0 Å². The molecule has 0 saturated heterocycles. The second kappa shape index (κ2) is 5.33. The highest BCUT2D eigenvalue weighted by atomic mass is 19.3. The Bertz CT molecular complexity index is 288. The Morgan fingerprint density at radius 2 is 1.00 bits per heavy atom. The molecule has 0 N–H and O–H groups in total. The van der Waals surface area contributed by atoms with Gasteiger partial charge in [-0.1, -0.05) is 19.8 Å². The molecule has 0 amide bonds. The molecule has 0 aromatic rings. The van der Waals surface area contributed by atoms with Gasteiger partial charge in [0.25, 0.3) is 0 Å². The second-order valence-electron chi connectivity index (χ2n) is 7.72. The third-order valence-corrected chi connectivity index (χ3v) is 6.33. The number of rotatable bonds is 2. The van der Waals surface area contributed by atoms with Crippen LogP contribution in [0.2, 0.25) is 0 Å². The predicted octanol–water partition coefficient (Wildman–Crippen LogP) is 5.66. The van der Waals surface area contributed by atoms with Crippen molar-refractivity contribution in [3.63, 3.8) is 0 Å². The summed E-state index contributed by atoms with van der Waals surface area (Å²) >= 11 is 0. The van der Waals surface area contributed by atoms with Crippen molar-refractivity contribution in [1.29, 1.82) is 0 Å². The van der Waals surface area contributed by atoms with Crippen LogP contribution < -0.4 is 0 Å². The van der Waals surface area contributed by atoms with Crippen LogP contribution in [0.5, 0.6) is 0 Å². The summed E-state index contributed by atoms with van der Waals surface area (Å²) in [5.74, 6) is 1.47. The van der Waals surface area contributed by atoms with E-state index in [0.29, 0.717) is 11.8 Å². The molecule has 0 radical (unpaired) electrons. The number of alkyl halides is 2. The molecule has 0 atom stereocenters. The molecule has 3 saturated carbocycles. The molecule has 0 aromatic heterocycles. The largest absolute Gasteiger partial charge is 0.248 e. The lowest BCUT2D eigenvalue weighted by molar-refractivity contribution is -0.131. The zero-order chi connectivity index (χ0) is 13.5. The average molecular weight is 270 g/mol. The highest BCUT2D eigenvalue weighted by molar-refractivity contribution is 4.92. The molecule has 0 aromatic carbocycles. The van der Waals surface area contributed by atoms with E-state index in [9.17, 15) is 8.78 Å². The van der Waals surface area contributed by atoms with E-state index in [1.807, 2.05) is 0 Å². The van der Waals surface area contributed by atoms with Gasteiger partial charge in [-0.05, 0) is 68.1 Å². The Hall–Kier alpha value is -0.140. The SMILES string of the molecule is CC1CCC(C2CCC(C3CC(F)(F)C3)CC2)CC1. The van der Waals surface area contributed by atoms with E-state index in [1.165, 1.54) is 51.4 Å². The molecular weight excluding hydrogens is 242 g/mol. The molecule has 0 nitrogen and oxygen atoms in total. The summed E-state index contributed by atoms with van der Waals surface area (Å²) in [6, 6.07) is 0. The summed E-state index contributed by atoms with van der Waals surface area (Å²) in [5, 5.41) is 0. The fourth-order valence-corrected chi connectivity index (χ4v) is 4.89. The number of halogens is 2. The van der Waals surface area contributed by atoms with Crippen LogP contribution in [0, 0.1) is 29.6 Å². The van der Waals surface area contributed by atoms with E-state index in [1.54, 1.807) is 0 Å². The molecule has 3 aliphatic carbocycles. The fourth-order valence-electron chi connectivity index (χ4n) is 4.89. The van der Waals surface area contributed by atoms with Gasteiger partial charge in [0, 0.05) is 12.8 Å². The van der Waals surface area contributed by atoms with Crippen molar-refractivity contribution in [3.8, 4) is 0 Å². The minimum Gasteiger partial charge on any atom is -0.207 e. The first-order chi connectivity index (χ1) is 9.03. The van der Waals surface area contributed by atoms with Crippen LogP contribution in [0.4, 0.5) is 8.78 Å². The molecule has 0 aliphatic heterocycles. The Morgan fingerprint density at radius 3 is 1.42 bits per heavy atom. The molecule has 0 spiro atoms. The molecule has 0 bridgehead atoms. The van der Waals surface area contributed by atoms with Gasteiger partial charge in [-0.2, -0.15) is 0 Å². The van der Waals surface area contributed by atoms with Crippen molar-refractivity contribution >= 4 is 0 Å². The fraction of sp³-hybridized carbons (Fsp3) is 1.00. The van der Waals surface area contributed by atoms with Crippen LogP contribution in [-0.4, -0.2) is 5.92 Å². The summed E-state index contributed by atoms with van der Waals surface area (Å²) in [6.07, 6.45) is 11.2. The van der Waals surface area contributed by atoms with E-state index >= 15 is 0 Å². The summed E-state index contributed by atoms with van der Waals surface area (Å²) in [4.78, 5) is 0. The summed E-state index contributed by atoms with van der Waals surface area (Å²) < 4.78 is 25.9. The van der Waals surface area contributed by atoms with E-state index in [4.69, 9.17) is 0 Å². The topological polar surface area (TPSA) is 0 Å². The zero-order valence-corrected chi connectivity index (χ0v) is 12.2. The van der Waals surface area contributed by atoms with E-state index in [2.05, 4.69) is 6.92 Å². The van der Waals surface area contributed by atoms with Crippen LogP contribution >= 0.6 is 0 Å². The zero-order valence-electron chi connectivity index (χ0n) is 12.2. The van der Waals surface area contributed by atoms with Gasteiger partial charge >= 0.3 is 0 Å². The van der Waals surface area contributed by atoms with Crippen molar-refractivity contribution in [2.24, 2.45) is 29.6 Å². The Labute approximate surface area is 116 Å². The smallest absolute Gasteiger partial charge is 0.207 e. The Balaban J connectivity index is 1.42. The molecular formula is C17H28F2. The van der Waals surface area contributed by atoms with Crippen LogP contribution in [0.1, 0.15) is 71.1 Å². The standard InChI is InChI=1S/C17H28F2/c1-12-2-4-13(5-3-12)14-6-8-15(9-7-14)16-10-17(18,19)11-16/h12-16H,2-11H2,1H3. The first-order valence-electron chi connectivity index (χ1n) is 8.41. The van der Waals surface area contributed by atoms with Gasteiger partial charge in [-0.3, -0.25) is 0 Å². The van der Waals surface area contributed by atoms with Gasteiger partial charge in [-0.25, -0.2) is 8.78 Å². The van der Waals surface area contributed by atoms with Crippen molar-refractivity contribution in [2.75, 3.05) is 0 Å². The summed E-state index contributed by atoms with van der Waals surface area (Å²) in [6.45, 7) is 2.38.